The van der Waals surface area contributed by atoms with Crippen molar-refractivity contribution in [1.82, 2.24) is 4.90 Å². The average molecular weight is 273 g/mol. The van der Waals surface area contributed by atoms with Crippen LogP contribution in [-0.4, -0.2) is 30.3 Å². The molecule has 0 N–H and O–H groups in total. The fourth-order valence-electron chi connectivity index (χ4n) is 3.21. The monoisotopic (exact) mass is 273 g/mol. The van der Waals surface area contributed by atoms with Gasteiger partial charge in [0.15, 0.2) is 5.78 Å². The molecule has 1 saturated heterocycles. The molecule has 1 fully saturated rings. The zero-order chi connectivity index (χ0) is 14.6. The summed E-state index contributed by atoms with van der Waals surface area (Å²) in [5.74, 6) is 0.260. The number of rotatable bonds is 6. The van der Waals surface area contributed by atoms with Gasteiger partial charge in [-0.2, -0.15) is 0 Å². The fraction of sp³-hybridized carbons (Fsp3) is 0.611. The second-order valence-electron chi connectivity index (χ2n) is 6.14. The van der Waals surface area contributed by atoms with Crippen LogP contribution in [0.1, 0.15) is 56.0 Å². The summed E-state index contributed by atoms with van der Waals surface area (Å²) in [4.78, 5) is 14.7. The lowest BCUT2D eigenvalue weighted by molar-refractivity contribution is 0.0936. The number of likely N-dealkylation sites (tertiary alicyclic amines) is 1. The molecule has 1 aromatic carbocycles. The molecule has 110 valence electrons. The lowest BCUT2D eigenvalue weighted by Crippen LogP contribution is -2.30. The first-order chi connectivity index (χ1) is 9.62. The van der Waals surface area contributed by atoms with Crippen LogP contribution >= 0.6 is 0 Å². The minimum absolute atomic E-state index is 0.260. The largest absolute Gasteiger partial charge is 0.295 e. The highest BCUT2D eigenvalue weighted by Crippen LogP contribution is 2.36. The zero-order valence-corrected chi connectivity index (χ0v) is 13.1. The molecule has 0 aliphatic carbocycles. The minimum Gasteiger partial charge on any atom is -0.295 e. The molecule has 1 aliphatic rings. The summed E-state index contributed by atoms with van der Waals surface area (Å²) >= 11 is 0. The molecule has 0 atom stereocenters. The van der Waals surface area contributed by atoms with E-state index in [1.54, 1.807) is 0 Å². The van der Waals surface area contributed by atoms with Crippen LogP contribution in [0.4, 0.5) is 0 Å². The Kier molecular flexibility index (Phi) is 4.98. The lowest BCUT2D eigenvalue weighted by atomic mass is 9.82. The van der Waals surface area contributed by atoms with Gasteiger partial charge >= 0.3 is 0 Å². The van der Waals surface area contributed by atoms with E-state index in [0.29, 0.717) is 12.0 Å². The van der Waals surface area contributed by atoms with Gasteiger partial charge in [-0.15, -0.1) is 0 Å². The lowest BCUT2D eigenvalue weighted by Gasteiger charge is -2.26. The number of aryl methyl sites for hydroxylation is 1. The minimum atomic E-state index is 0.260. The first-order valence-electron chi connectivity index (χ1n) is 7.97. The number of carbonyl (C=O) groups is 1. The van der Waals surface area contributed by atoms with E-state index in [2.05, 4.69) is 37.8 Å². The van der Waals surface area contributed by atoms with Gasteiger partial charge in [-0.1, -0.05) is 45.0 Å². The van der Waals surface area contributed by atoms with Crippen molar-refractivity contribution in [3.63, 3.8) is 0 Å². The van der Waals surface area contributed by atoms with Crippen molar-refractivity contribution < 1.29 is 4.79 Å². The van der Waals surface area contributed by atoms with Crippen LogP contribution in [0.3, 0.4) is 0 Å². The van der Waals surface area contributed by atoms with Crippen LogP contribution in [0, 0.1) is 5.41 Å². The summed E-state index contributed by atoms with van der Waals surface area (Å²) in [6.07, 6.45) is 4.71. The van der Waals surface area contributed by atoms with Gasteiger partial charge in [0.2, 0.25) is 0 Å². The molecule has 0 unspecified atom stereocenters. The van der Waals surface area contributed by atoms with Gasteiger partial charge in [0, 0.05) is 12.1 Å². The van der Waals surface area contributed by atoms with Crippen LogP contribution < -0.4 is 0 Å². The molecule has 0 spiro atoms. The van der Waals surface area contributed by atoms with Gasteiger partial charge in [-0.05, 0) is 43.2 Å². The van der Waals surface area contributed by atoms with E-state index in [1.807, 2.05) is 12.1 Å². The third-order valence-corrected chi connectivity index (χ3v) is 5.07. The van der Waals surface area contributed by atoms with Crippen molar-refractivity contribution in [1.29, 1.82) is 0 Å². The molecule has 0 saturated carbocycles. The van der Waals surface area contributed by atoms with E-state index < -0.39 is 0 Å². The Balaban J connectivity index is 1.95. The topological polar surface area (TPSA) is 20.3 Å². The Labute approximate surface area is 123 Å². The number of nitrogens with zero attached hydrogens (tertiary/aromatic N) is 1. The number of benzene rings is 1. The number of hydrogen-bond acceptors (Lipinski definition) is 2. The maximum absolute atomic E-state index is 12.3. The molecule has 0 aromatic heterocycles. The average Bonchev–Trinajstić information content (AvgIpc) is 2.91. The van der Waals surface area contributed by atoms with E-state index in [9.17, 15) is 4.79 Å². The quantitative estimate of drug-likeness (QED) is 0.732. The zero-order valence-electron chi connectivity index (χ0n) is 13.1. The van der Waals surface area contributed by atoms with Crippen molar-refractivity contribution >= 4 is 5.78 Å². The van der Waals surface area contributed by atoms with Crippen LogP contribution in [0.25, 0.3) is 0 Å². The number of carbonyl (C=O) groups excluding carboxylic acids is 1. The normalized spacial score (nSPS) is 18.4. The summed E-state index contributed by atoms with van der Waals surface area (Å²) in [6, 6.07) is 8.09. The van der Waals surface area contributed by atoms with E-state index in [-0.39, 0.29) is 5.78 Å². The summed E-state index contributed by atoms with van der Waals surface area (Å²) in [6.45, 7) is 9.42. The summed E-state index contributed by atoms with van der Waals surface area (Å²) in [5, 5.41) is 0. The van der Waals surface area contributed by atoms with Crippen LogP contribution in [0.15, 0.2) is 24.3 Å². The van der Waals surface area contributed by atoms with Crippen LogP contribution in [-0.2, 0) is 6.42 Å². The Bertz CT molecular complexity index is 445. The van der Waals surface area contributed by atoms with Crippen LogP contribution in [0.5, 0.6) is 0 Å². The maximum Gasteiger partial charge on any atom is 0.176 e. The van der Waals surface area contributed by atoms with Gasteiger partial charge in [0.05, 0.1) is 6.54 Å². The first kappa shape index (κ1) is 15.2. The first-order valence-corrected chi connectivity index (χ1v) is 7.97. The molecule has 0 radical (unpaired) electrons. The number of ketones is 1. The Morgan fingerprint density at radius 2 is 1.80 bits per heavy atom. The van der Waals surface area contributed by atoms with Crippen molar-refractivity contribution in [3.8, 4) is 0 Å². The second-order valence-corrected chi connectivity index (χ2v) is 6.14. The Morgan fingerprint density at radius 3 is 2.30 bits per heavy atom. The van der Waals surface area contributed by atoms with Gasteiger partial charge in [-0.3, -0.25) is 9.69 Å². The summed E-state index contributed by atoms with van der Waals surface area (Å²) in [5.41, 5.74) is 2.60. The molecule has 2 nitrogen and oxygen atoms in total. The van der Waals surface area contributed by atoms with Crippen molar-refractivity contribution in [2.24, 2.45) is 5.41 Å². The molecular weight excluding hydrogens is 246 g/mol. The third kappa shape index (κ3) is 3.29. The van der Waals surface area contributed by atoms with Crippen LogP contribution in [0.2, 0.25) is 0 Å². The maximum atomic E-state index is 12.3. The van der Waals surface area contributed by atoms with E-state index in [4.69, 9.17) is 0 Å². The van der Waals surface area contributed by atoms with Gasteiger partial charge < -0.3 is 0 Å². The van der Waals surface area contributed by atoms with Crippen molar-refractivity contribution in [3.05, 3.63) is 35.4 Å². The van der Waals surface area contributed by atoms with E-state index in [1.165, 1.54) is 24.8 Å². The predicted octanol–water partition coefficient (Wildman–Crippen LogP) is 3.94. The second kappa shape index (κ2) is 6.53. The Morgan fingerprint density at radius 1 is 1.15 bits per heavy atom. The van der Waals surface area contributed by atoms with Crippen molar-refractivity contribution in [2.75, 3.05) is 19.6 Å². The van der Waals surface area contributed by atoms with Gasteiger partial charge in [0.25, 0.3) is 0 Å². The molecule has 0 bridgehead atoms. The number of Topliss-reactive ketones (excluding diaryl/α,β-unsaturated/α-hetero) is 1. The molecular formula is C18H27NO. The third-order valence-electron chi connectivity index (χ3n) is 5.07. The highest BCUT2D eigenvalue weighted by atomic mass is 16.1. The predicted molar refractivity (Wildman–Crippen MR) is 84.2 cm³/mol. The molecule has 1 aliphatic heterocycles. The molecule has 20 heavy (non-hydrogen) atoms. The highest BCUT2D eigenvalue weighted by Gasteiger charge is 2.35. The molecule has 2 rings (SSSR count). The van der Waals surface area contributed by atoms with Crippen molar-refractivity contribution in [2.45, 2.75) is 46.5 Å². The molecule has 2 heteroatoms. The Hall–Kier alpha value is -1.15. The SMILES string of the molecule is CCc1ccc(C(=O)CN2CCC(CC)(CC)C2)cc1. The standard InChI is InChI=1S/C18H27NO/c1-4-15-7-9-16(10-8-15)17(20)13-19-12-11-18(5-2,6-3)14-19/h7-10H,4-6,11-14H2,1-3H3. The van der Waals surface area contributed by atoms with E-state index in [0.717, 1.165) is 25.1 Å². The summed E-state index contributed by atoms with van der Waals surface area (Å²) < 4.78 is 0. The van der Waals surface area contributed by atoms with E-state index >= 15 is 0 Å². The smallest absolute Gasteiger partial charge is 0.176 e. The fourth-order valence-corrected chi connectivity index (χ4v) is 3.21. The highest BCUT2D eigenvalue weighted by molar-refractivity contribution is 5.97. The molecule has 1 aromatic rings. The van der Waals surface area contributed by atoms with Gasteiger partial charge in [0.1, 0.15) is 0 Å². The molecule has 1 heterocycles. The molecule has 0 amide bonds. The van der Waals surface area contributed by atoms with Gasteiger partial charge in [-0.25, -0.2) is 0 Å². The summed E-state index contributed by atoms with van der Waals surface area (Å²) in [7, 11) is 0. The number of hydrogen-bond donors (Lipinski definition) is 0.